The molecule has 0 saturated carbocycles. The van der Waals surface area contributed by atoms with Gasteiger partial charge in [0, 0.05) is 5.02 Å². The van der Waals surface area contributed by atoms with Crippen LogP contribution in [-0.2, 0) is 20.8 Å². The van der Waals surface area contributed by atoms with Crippen LogP contribution in [0.2, 0.25) is 5.02 Å². The molecule has 4 unspecified atom stereocenters. The number of likely N-dealkylation sites (tertiary alicyclic amines) is 1. The second-order valence-corrected chi connectivity index (χ2v) is 10.3. The standard InChI is InChI=1S/C21H30ClNO4S/c1-5-17(14(3)28(27)6-2)23-18(15-7-9-16(22)10-8-15)11-12-21(4,20(23)26)13-19(24)25/h7-10,14,17-18H,5-6,11-13H2,1-4H3,(H,24,25)/t14?,17?,18?,21-,28?/m1/s1. The van der Waals surface area contributed by atoms with Gasteiger partial charge in [0.2, 0.25) is 5.91 Å². The van der Waals surface area contributed by atoms with Gasteiger partial charge in [-0.3, -0.25) is 9.59 Å². The molecule has 156 valence electrons. The Bertz CT molecular complexity index is 698. The van der Waals surface area contributed by atoms with E-state index in [0.29, 0.717) is 30.0 Å². The van der Waals surface area contributed by atoms with Crippen LogP contribution in [0.1, 0.15) is 65.0 Å². The van der Waals surface area contributed by atoms with Crippen molar-refractivity contribution in [3.05, 3.63) is 34.9 Å². The Morgan fingerprint density at radius 2 is 2.00 bits per heavy atom. The molecule has 1 aliphatic heterocycles. The third-order valence-corrected chi connectivity index (χ3v) is 7.83. The van der Waals surface area contributed by atoms with Gasteiger partial charge in [0.05, 0.1) is 23.9 Å². The average molecular weight is 428 g/mol. The lowest BCUT2D eigenvalue weighted by Gasteiger charge is -2.49. The highest BCUT2D eigenvalue weighted by atomic mass is 35.5. The Labute approximate surface area is 175 Å². The van der Waals surface area contributed by atoms with Gasteiger partial charge in [0.25, 0.3) is 0 Å². The summed E-state index contributed by atoms with van der Waals surface area (Å²) in [4.78, 5) is 26.8. The second kappa shape index (κ2) is 9.51. The van der Waals surface area contributed by atoms with E-state index in [2.05, 4.69) is 0 Å². The summed E-state index contributed by atoms with van der Waals surface area (Å²) in [7, 11) is 0. The van der Waals surface area contributed by atoms with Crippen molar-refractivity contribution in [1.29, 1.82) is 0 Å². The molecule has 5 nitrogen and oxygen atoms in total. The molecule has 1 aromatic carbocycles. The maximum absolute atomic E-state index is 13.6. The van der Waals surface area contributed by atoms with E-state index in [0.717, 1.165) is 5.56 Å². The molecule has 28 heavy (non-hydrogen) atoms. The minimum atomic E-state index is -1.06. The van der Waals surface area contributed by atoms with Crippen LogP contribution in [0.5, 0.6) is 0 Å². The molecular formula is C21H30ClNO4S. The number of hydrogen-bond acceptors (Lipinski definition) is 3. The number of carboxylic acids is 1. The minimum absolute atomic E-state index is 0.159. The third-order valence-electron chi connectivity index (χ3n) is 5.87. The van der Waals surface area contributed by atoms with Crippen molar-refractivity contribution in [2.75, 3.05) is 5.75 Å². The lowest BCUT2D eigenvalue weighted by atomic mass is 9.74. The molecule has 1 fully saturated rings. The molecule has 0 aliphatic carbocycles. The van der Waals surface area contributed by atoms with Crippen LogP contribution < -0.4 is 0 Å². The van der Waals surface area contributed by atoms with Crippen LogP contribution in [0.15, 0.2) is 24.3 Å². The molecule has 1 aliphatic rings. The van der Waals surface area contributed by atoms with Gasteiger partial charge in [-0.1, -0.05) is 37.6 Å². The number of benzene rings is 1. The summed E-state index contributed by atoms with van der Waals surface area (Å²) in [5, 5.41) is 9.78. The molecule has 0 bridgehead atoms. The zero-order valence-electron chi connectivity index (χ0n) is 17.0. The van der Waals surface area contributed by atoms with Gasteiger partial charge in [-0.05, 0) is 62.0 Å². The number of nitrogens with zero attached hydrogens (tertiary/aromatic N) is 1. The number of aliphatic carboxylic acids is 1. The topological polar surface area (TPSA) is 80.7 Å². The van der Waals surface area contributed by atoms with E-state index in [4.69, 9.17) is 11.6 Å². The van der Waals surface area contributed by atoms with E-state index in [1.165, 1.54) is 0 Å². The highest BCUT2D eigenvalue weighted by molar-refractivity contribution is 7.92. The second-order valence-electron chi connectivity index (χ2n) is 7.80. The summed E-state index contributed by atoms with van der Waals surface area (Å²) in [6.07, 6.45) is 1.63. The molecule has 0 spiro atoms. The summed E-state index contributed by atoms with van der Waals surface area (Å²) >= 11 is 4.97. The number of hydrogen-bond donors (Lipinski definition) is 1. The fraction of sp³-hybridized carbons (Fsp3) is 0.619. The molecular weight excluding hydrogens is 398 g/mol. The average Bonchev–Trinajstić information content (AvgIpc) is 2.65. The van der Waals surface area contributed by atoms with Gasteiger partial charge in [-0.2, -0.15) is 0 Å². The highest BCUT2D eigenvalue weighted by Gasteiger charge is 2.49. The number of halogens is 1. The van der Waals surface area contributed by atoms with Crippen molar-refractivity contribution in [3.63, 3.8) is 0 Å². The molecule has 1 N–H and O–H groups in total. The predicted octanol–water partition coefficient (Wildman–Crippen LogP) is 4.42. The number of carbonyl (C=O) groups excluding carboxylic acids is 1. The van der Waals surface area contributed by atoms with Gasteiger partial charge in [-0.25, -0.2) is 0 Å². The molecule has 0 aromatic heterocycles. The number of amides is 1. The summed E-state index contributed by atoms with van der Waals surface area (Å²) in [5.74, 6) is -0.607. The van der Waals surface area contributed by atoms with Crippen molar-refractivity contribution in [1.82, 2.24) is 4.90 Å². The summed E-state index contributed by atoms with van der Waals surface area (Å²) in [6.45, 7) is 7.53. The maximum Gasteiger partial charge on any atom is 0.304 e. The van der Waals surface area contributed by atoms with Crippen molar-refractivity contribution in [2.45, 2.75) is 70.7 Å². The van der Waals surface area contributed by atoms with Crippen molar-refractivity contribution < 1.29 is 19.2 Å². The highest BCUT2D eigenvalue weighted by Crippen LogP contribution is 2.45. The van der Waals surface area contributed by atoms with Crippen molar-refractivity contribution in [2.24, 2.45) is 5.41 Å². The number of carbonyl (C=O) groups is 2. The molecule has 1 saturated heterocycles. The van der Waals surface area contributed by atoms with Crippen LogP contribution in [0, 0.1) is 5.41 Å². The van der Waals surface area contributed by atoms with E-state index < -0.39 is 22.6 Å². The summed E-state index contributed by atoms with van der Waals surface area (Å²) in [6, 6.07) is 7.05. The van der Waals surface area contributed by atoms with Crippen LogP contribution >= 0.6 is 11.6 Å². The van der Waals surface area contributed by atoms with Gasteiger partial charge in [-0.15, -0.1) is 0 Å². The Balaban J connectivity index is 2.48. The first-order valence-electron chi connectivity index (χ1n) is 9.81. The number of piperidine rings is 1. The Kier molecular flexibility index (Phi) is 7.82. The monoisotopic (exact) mass is 427 g/mol. The largest absolute Gasteiger partial charge is 0.616 e. The van der Waals surface area contributed by atoms with Crippen LogP contribution in [0.4, 0.5) is 0 Å². The quantitative estimate of drug-likeness (QED) is 0.622. The fourth-order valence-corrected chi connectivity index (χ4v) is 5.56. The summed E-state index contributed by atoms with van der Waals surface area (Å²) < 4.78 is 12.5. The predicted molar refractivity (Wildman–Crippen MR) is 113 cm³/mol. The Hall–Kier alpha value is -1.24. The van der Waals surface area contributed by atoms with Gasteiger partial charge in [0.1, 0.15) is 11.0 Å². The van der Waals surface area contributed by atoms with Crippen molar-refractivity contribution >= 4 is 34.7 Å². The fourth-order valence-electron chi connectivity index (χ4n) is 4.24. The van der Waals surface area contributed by atoms with Crippen LogP contribution in [0.25, 0.3) is 0 Å². The minimum Gasteiger partial charge on any atom is -0.616 e. The molecule has 5 atom stereocenters. The maximum atomic E-state index is 13.6. The van der Waals surface area contributed by atoms with Crippen LogP contribution in [-0.4, -0.2) is 43.5 Å². The molecule has 0 radical (unpaired) electrons. The number of carboxylic acid groups (broad SMARTS) is 1. The smallest absolute Gasteiger partial charge is 0.304 e. The van der Waals surface area contributed by atoms with Gasteiger partial charge < -0.3 is 14.6 Å². The van der Waals surface area contributed by atoms with E-state index in [9.17, 15) is 19.2 Å². The Morgan fingerprint density at radius 1 is 1.39 bits per heavy atom. The molecule has 1 aromatic rings. The van der Waals surface area contributed by atoms with Crippen molar-refractivity contribution in [3.8, 4) is 0 Å². The van der Waals surface area contributed by atoms with E-state index in [1.54, 1.807) is 19.1 Å². The van der Waals surface area contributed by atoms with Crippen LogP contribution in [0.3, 0.4) is 0 Å². The van der Waals surface area contributed by atoms with E-state index >= 15 is 0 Å². The van der Waals surface area contributed by atoms with Gasteiger partial charge in [0.15, 0.2) is 0 Å². The first-order chi connectivity index (χ1) is 13.1. The summed E-state index contributed by atoms with van der Waals surface area (Å²) in [5.41, 5.74) is 0.0262. The SMILES string of the molecule is CCC(C(C)[S+]([O-])CC)N1C(=O)[C@@](C)(CC(=O)O)CCC1c1ccc(Cl)cc1. The van der Waals surface area contributed by atoms with E-state index in [-0.39, 0.29) is 29.7 Å². The van der Waals surface area contributed by atoms with Gasteiger partial charge >= 0.3 is 5.97 Å². The third kappa shape index (κ3) is 4.84. The number of rotatable bonds is 8. The first-order valence-corrected chi connectivity index (χ1v) is 11.6. The zero-order chi connectivity index (χ0) is 21.1. The zero-order valence-corrected chi connectivity index (χ0v) is 18.6. The first kappa shape index (κ1) is 23.0. The lowest BCUT2D eigenvalue weighted by molar-refractivity contribution is -0.159. The normalized spacial score (nSPS) is 26.0. The molecule has 2 rings (SSSR count). The lowest BCUT2D eigenvalue weighted by Crippen LogP contribution is -2.57. The molecule has 7 heteroatoms. The van der Waals surface area contributed by atoms with E-state index in [1.807, 2.05) is 37.8 Å². The molecule has 1 amide bonds. The Morgan fingerprint density at radius 3 is 2.50 bits per heavy atom. The molecule has 1 heterocycles.